The molecule has 1 aliphatic carbocycles. The van der Waals surface area contributed by atoms with Gasteiger partial charge in [-0.1, -0.05) is 59.6 Å². The monoisotopic (exact) mass is 381 g/mol. The van der Waals surface area contributed by atoms with Crippen LogP contribution in [0.25, 0.3) is 0 Å². The second kappa shape index (κ2) is 7.63. The summed E-state index contributed by atoms with van der Waals surface area (Å²) in [6, 6.07) is 13.8. The van der Waals surface area contributed by atoms with Crippen LogP contribution in [0.15, 0.2) is 48.5 Å². The number of hydrogen-bond acceptors (Lipinski definition) is 2. The summed E-state index contributed by atoms with van der Waals surface area (Å²) in [6.45, 7) is 1.81. The fourth-order valence-electron chi connectivity index (χ4n) is 2.79. The van der Waals surface area contributed by atoms with Crippen LogP contribution in [0.4, 0.5) is 9.18 Å². The number of carbonyl (C=O) groups excluding carboxylic acids is 1. The van der Waals surface area contributed by atoms with Crippen LogP contribution in [0, 0.1) is 0 Å². The molecule has 0 N–H and O–H groups in total. The molecule has 132 valence electrons. The van der Waals surface area contributed by atoms with Crippen LogP contribution in [0.5, 0.6) is 0 Å². The van der Waals surface area contributed by atoms with Gasteiger partial charge in [-0.25, -0.2) is 9.18 Å². The van der Waals surface area contributed by atoms with Crippen molar-refractivity contribution < 1.29 is 13.9 Å². The van der Waals surface area contributed by atoms with Gasteiger partial charge in [-0.05, 0) is 24.6 Å². The average molecular weight is 382 g/mol. The highest BCUT2D eigenvalue weighted by Crippen LogP contribution is 2.38. The van der Waals surface area contributed by atoms with Crippen LogP contribution in [0.3, 0.4) is 0 Å². The molecule has 1 aliphatic rings. The van der Waals surface area contributed by atoms with Gasteiger partial charge in [-0.15, -0.1) is 0 Å². The summed E-state index contributed by atoms with van der Waals surface area (Å²) in [7, 11) is 0. The van der Waals surface area contributed by atoms with Gasteiger partial charge in [0.25, 0.3) is 0 Å². The van der Waals surface area contributed by atoms with E-state index >= 15 is 0 Å². The molecule has 2 aromatic carbocycles. The van der Waals surface area contributed by atoms with Crippen LogP contribution in [0.1, 0.15) is 30.5 Å². The van der Waals surface area contributed by atoms with Gasteiger partial charge in [0.05, 0.1) is 12.1 Å². The lowest BCUT2D eigenvalue weighted by Crippen LogP contribution is -2.37. The zero-order valence-electron chi connectivity index (χ0n) is 13.7. The molecule has 1 fully saturated rings. The molecule has 0 heterocycles. The van der Waals surface area contributed by atoms with E-state index in [1.54, 1.807) is 18.2 Å². The molecule has 0 unspecified atom stereocenters. The Balaban J connectivity index is 1.74. The Morgan fingerprint density at radius 1 is 1.20 bits per heavy atom. The summed E-state index contributed by atoms with van der Waals surface area (Å²) >= 11 is 12.2. The van der Waals surface area contributed by atoms with E-state index in [1.165, 1.54) is 4.90 Å². The summed E-state index contributed by atoms with van der Waals surface area (Å²) < 4.78 is 19.1. The van der Waals surface area contributed by atoms with Crippen molar-refractivity contribution in [1.29, 1.82) is 0 Å². The summed E-state index contributed by atoms with van der Waals surface area (Å²) in [5, 5.41) is 0.857. The maximum absolute atomic E-state index is 13.7. The van der Waals surface area contributed by atoms with Gasteiger partial charge in [0, 0.05) is 22.0 Å². The van der Waals surface area contributed by atoms with E-state index in [0.717, 1.165) is 5.56 Å². The molecule has 3 atom stereocenters. The van der Waals surface area contributed by atoms with Crippen molar-refractivity contribution in [3.63, 3.8) is 0 Å². The topological polar surface area (TPSA) is 29.5 Å². The van der Waals surface area contributed by atoms with Crippen LogP contribution < -0.4 is 0 Å². The molecule has 0 aromatic heterocycles. The number of nitrogens with zero attached hydrogens (tertiary/aromatic N) is 1. The molecule has 3 rings (SSSR count). The number of benzene rings is 2. The van der Waals surface area contributed by atoms with E-state index < -0.39 is 18.3 Å². The smallest absolute Gasteiger partial charge is 0.410 e. The first kappa shape index (κ1) is 18.0. The third-order valence-electron chi connectivity index (χ3n) is 4.35. The number of halogens is 3. The average Bonchev–Trinajstić information content (AvgIpc) is 3.31. The number of carbonyl (C=O) groups is 1. The number of amides is 1. The maximum atomic E-state index is 13.7. The molecule has 25 heavy (non-hydrogen) atoms. The Morgan fingerprint density at radius 2 is 1.80 bits per heavy atom. The molecule has 1 amide bonds. The van der Waals surface area contributed by atoms with Gasteiger partial charge in [0.2, 0.25) is 0 Å². The first-order valence-electron chi connectivity index (χ1n) is 8.06. The highest BCUT2D eigenvalue weighted by atomic mass is 35.5. The van der Waals surface area contributed by atoms with Gasteiger partial charge in [0.15, 0.2) is 0 Å². The van der Waals surface area contributed by atoms with E-state index in [-0.39, 0.29) is 12.6 Å². The van der Waals surface area contributed by atoms with Crippen molar-refractivity contribution >= 4 is 29.3 Å². The lowest BCUT2D eigenvalue weighted by atomic mass is 10.1. The minimum atomic E-state index is -1.01. The molecule has 3 nitrogen and oxygen atoms in total. The summed E-state index contributed by atoms with van der Waals surface area (Å²) in [5.74, 6) is 0. The minimum Gasteiger partial charge on any atom is -0.444 e. The molecule has 0 bridgehead atoms. The molecule has 1 saturated carbocycles. The van der Waals surface area contributed by atoms with Gasteiger partial charge in [-0.2, -0.15) is 0 Å². The number of alkyl halides is 1. The largest absolute Gasteiger partial charge is 0.444 e. The van der Waals surface area contributed by atoms with Crippen molar-refractivity contribution in [3.05, 3.63) is 69.7 Å². The predicted molar refractivity (Wildman–Crippen MR) is 96.6 cm³/mol. The Morgan fingerprint density at radius 3 is 2.36 bits per heavy atom. The molecule has 0 spiro atoms. The quantitative estimate of drug-likeness (QED) is 0.654. The third kappa shape index (κ3) is 4.07. The van der Waals surface area contributed by atoms with Crippen LogP contribution in [-0.4, -0.2) is 23.2 Å². The molecule has 0 saturated heterocycles. The van der Waals surface area contributed by atoms with E-state index in [0.29, 0.717) is 22.0 Å². The summed E-state index contributed by atoms with van der Waals surface area (Å²) in [5.41, 5.74) is 1.47. The Labute approximate surface area is 156 Å². The number of rotatable bonds is 5. The van der Waals surface area contributed by atoms with E-state index in [9.17, 15) is 9.18 Å². The lowest BCUT2D eigenvalue weighted by Gasteiger charge is -2.29. The SMILES string of the molecule is C[C@@H](c1ccccc1)N(C(=O)OCc1c(Cl)cccc1Cl)[C@@H]1C[C@@H]1F. The van der Waals surface area contributed by atoms with Gasteiger partial charge in [-0.3, -0.25) is 4.90 Å². The molecule has 0 aliphatic heterocycles. The third-order valence-corrected chi connectivity index (χ3v) is 5.06. The van der Waals surface area contributed by atoms with E-state index in [4.69, 9.17) is 27.9 Å². The minimum absolute atomic E-state index is 0.0565. The molecular formula is C19H18Cl2FNO2. The first-order valence-corrected chi connectivity index (χ1v) is 8.81. The second-order valence-corrected chi connectivity index (χ2v) is 6.88. The standard InChI is InChI=1S/C19H18Cl2FNO2/c1-12(13-6-3-2-4-7-13)23(18-10-17(18)22)19(24)25-11-14-15(20)8-5-9-16(14)21/h2-9,12,17-18H,10-11H2,1H3/t12-,17-,18+/m0/s1. The molecule has 2 aromatic rings. The molecule has 6 heteroatoms. The Bertz CT molecular complexity index is 736. The normalized spacial score (nSPS) is 20.0. The van der Waals surface area contributed by atoms with Crippen molar-refractivity contribution in [2.75, 3.05) is 0 Å². The number of hydrogen-bond donors (Lipinski definition) is 0. The molecular weight excluding hydrogens is 364 g/mol. The van der Waals surface area contributed by atoms with Gasteiger partial charge >= 0.3 is 6.09 Å². The fourth-order valence-corrected chi connectivity index (χ4v) is 3.30. The number of ether oxygens (including phenoxy) is 1. The van der Waals surface area contributed by atoms with Crippen molar-refractivity contribution in [2.45, 2.75) is 38.2 Å². The second-order valence-electron chi connectivity index (χ2n) is 6.07. The van der Waals surface area contributed by atoms with E-state index in [2.05, 4.69) is 0 Å². The fraction of sp³-hybridized carbons (Fsp3) is 0.316. The van der Waals surface area contributed by atoms with E-state index in [1.807, 2.05) is 37.3 Å². The maximum Gasteiger partial charge on any atom is 0.410 e. The lowest BCUT2D eigenvalue weighted by molar-refractivity contribution is 0.0761. The van der Waals surface area contributed by atoms with Crippen molar-refractivity contribution in [3.8, 4) is 0 Å². The zero-order valence-corrected chi connectivity index (χ0v) is 15.2. The highest BCUT2D eigenvalue weighted by Gasteiger charge is 2.47. The zero-order chi connectivity index (χ0) is 18.0. The Hall–Kier alpha value is -1.78. The Kier molecular flexibility index (Phi) is 5.50. The summed E-state index contributed by atoms with van der Waals surface area (Å²) in [4.78, 5) is 14.1. The highest BCUT2D eigenvalue weighted by molar-refractivity contribution is 6.35. The van der Waals surface area contributed by atoms with Crippen LogP contribution in [0.2, 0.25) is 10.0 Å². The first-order chi connectivity index (χ1) is 12.0. The van der Waals surface area contributed by atoms with Crippen LogP contribution >= 0.6 is 23.2 Å². The van der Waals surface area contributed by atoms with Crippen molar-refractivity contribution in [1.82, 2.24) is 4.90 Å². The van der Waals surface area contributed by atoms with Crippen LogP contribution in [-0.2, 0) is 11.3 Å². The molecule has 0 radical (unpaired) electrons. The van der Waals surface area contributed by atoms with Gasteiger partial charge in [0.1, 0.15) is 12.8 Å². The van der Waals surface area contributed by atoms with Gasteiger partial charge < -0.3 is 4.74 Å². The van der Waals surface area contributed by atoms with Crippen molar-refractivity contribution in [2.24, 2.45) is 0 Å². The summed E-state index contributed by atoms with van der Waals surface area (Å²) in [6.07, 6.45) is -1.25. The predicted octanol–water partition coefficient (Wildman–Crippen LogP) is 5.80.